The zero-order valence-electron chi connectivity index (χ0n) is 16.3. The largest absolute Gasteiger partial charge is 0.462 e. The van der Waals surface area contributed by atoms with Crippen LogP contribution in [0.25, 0.3) is 10.1 Å². The average Bonchev–Trinajstić information content (AvgIpc) is 3.04. The van der Waals surface area contributed by atoms with E-state index in [0.29, 0.717) is 17.2 Å². The summed E-state index contributed by atoms with van der Waals surface area (Å²) in [6.45, 7) is 8.30. The van der Waals surface area contributed by atoms with E-state index < -0.39 is 10.0 Å². The normalized spacial score (nSPS) is 12.1. The molecule has 1 aromatic heterocycles. The van der Waals surface area contributed by atoms with Crippen LogP contribution in [0.15, 0.2) is 53.4 Å². The highest BCUT2D eigenvalue weighted by atomic mass is 32.2. The Hall–Kier alpha value is -2.38. The summed E-state index contributed by atoms with van der Waals surface area (Å²) in [6, 6.07) is 13.8. The van der Waals surface area contributed by atoms with Gasteiger partial charge in [0.2, 0.25) is 0 Å². The molecule has 0 radical (unpaired) electrons. The zero-order valence-corrected chi connectivity index (χ0v) is 17.9. The number of thiophene rings is 1. The highest BCUT2D eigenvalue weighted by Gasteiger charge is 2.18. The van der Waals surface area contributed by atoms with Crippen molar-refractivity contribution in [2.45, 2.75) is 38.0 Å². The molecule has 0 fully saturated rings. The van der Waals surface area contributed by atoms with Gasteiger partial charge in [-0.2, -0.15) is 0 Å². The number of ether oxygens (including phenoxy) is 1. The minimum absolute atomic E-state index is 0.0453. The number of carbonyl (C=O) groups is 1. The number of sulfonamides is 1. The van der Waals surface area contributed by atoms with Crippen LogP contribution in [0.1, 0.15) is 42.9 Å². The van der Waals surface area contributed by atoms with Crippen LogP contribution in [0.4, 0.5) is 5.69 Å². The van der Waals surface area contributed by atoms with Crippen molar-refractivity contribution >= 4 is 43.1 Å². The summed E-state index contributed by atoms with van der Waals surface area (Å²) in [4.78, 5) is 12.6. The van der Waals surface area contributed by atoms with E-state index in [4.69, 9.17) is 4.74 Å². The van der Waals surface area contributed by atoms with Gasteiger partial charge in [0.25, 0.3) is 10.0 Å². The van der Waals surface area contributed by atoms with Gasteiger partial charge in [0, 0.05) is 10.4 Å². The monoisotopic (exact) mass is 417 g/mol. The number of esters is 1. The molecule has 0 saturated heterocycles. The van der Waals surface area contributed by atoms with E-state index in [1.54, 1.807) is 43.3 Å². The van der Waals surface area contributed by atoms with Gasteiger partial charge in [0.05, 0.1) is 11.5 Å². The second kappa shape index (κ2) is 7.56. The van der Waals surface area contributed by atoms with Crippen LogP contribution in [0.3, 0.4) is 0 Å². The Kier molecular flexibility index (Phi) is 5.50. The molecule has 0 aliphatic heterocycles. The summed E-state index contributed by atoms with van der Waals surface area (Å²) >= 11 is 1.32. The van der Waals surface area contributed by atoms with E-state index in [-0.39, 0.29) is 16.3 Å². The molecule has 3 aromatic rings. The van der Waals surface area contributed by atoms with Crippen LogP contribution in [0.2, 0.25) is 0 Å². The molecule has 148 valence electrons. The van der Waals surface area contributed by atoms with Crippen molar-refractivity contribution in [3.63, 3.8) is 0 Å². The number of nitrogens with one attached hydrogen (secondary N) is 1. The van der Waals surface area contributed by atoms with Crippen molar-refractivity contribution in [2.24, 2.45) is 0 Å². The van der Waals surface area contributed by atoms with Gasteiger partial charge in [0.1, 0.15) is 4.88 Å². The van der Waals surface area contributed by atoms with Crippen molar-refractivity contribution in [1.29, 1.82) is 0 Å². The Morgan fingerprint density at radius 2 is 1.75 bits per heavy atom. The van der Waals surface area contributed by atoms with Crippen molar-refractivity contribution in [1.82, 2.24) is 0 Å². The maximum atomic E-state index is 12.7. The van der Waals surface area contributed by atoms with E-state index in [2.05, 4.69) is 25.5 Å². The van der Waals surface area contributed by atoms with Gasteiger partial charge in [-0.3, -0.25) is 4.72 Å². The first-order chi connectivity index (χ1) is 13.1. The summed E-state index contributed by atoms with van der Waals surface area (Å²) in [7, 11) is -3.70. The first-order valence-electron chi connectivity index (χ1n) is 8.94. The summed E-state index contributed by atoms with van der Waals surface area (Å²) in [5.74, 6) is -0.371. The maximum Gasteiger partial charge on any atom is 0.348 e. The first-order valence-corrected chi connectivity index (χ1v) is 11.2. The summed E-state index contributed by atoms with van der Waals surface area (Å²) in [6.07, 6.45) is 0. The lowest BCUT2D eigenvalue weighted by Crippen LogP contribution is -2.14. The van der Waals surface area contributed by atoms with Gasteiger partial charge in [-0.1, -0.05) is 32.9 Å². The van der Waals surface area contributed by atoms with E-state index in [9.17, 15) is 13.2 Å². The Balaban J connectivity index is 1.85. The summed E-state index contributed by atoms with van der Waals surface area (Å²) in [5, 5.41) is 0.788. The molecule has 1 heterocycles. The highest BCUT2D eigenvalue weighted by Crippen LogP contribution is 2.30. The Morgan fingerprint density at radius 1 is 1.07 bits per heavy atom. The van der Waals surface area contributed by atoms with E-state index in [1.807, 2.05) is 12.1 Å². The summed E-state index contributed by atoms with van der Waals surface area (Å²) in [5.41, 5.74) is 1.47. The molecule has 3 rings (SSSR count). The average molecular weight is 418 g/mol. The lowest BCUT2D eigenvalue weighted by molar-refractivity contribution is 0.0532. The van der Waals surface area contributed by atoms with Crippen LogP contribution in [0, 0.1) is 0 Å². The van der Waals surface area contributed by atoms with Crippen molar-refractivity contribution < 1.29 is 17.9 Å². The molecule has 5 nitrogen and oxygen atoms in total. The second-order valence-electron chi connectivity index (χ2n) is 7.46. The van der Waals surface area contributed by atoms with Gasteiger partial charge < -0.3 is 4.74 Å². The maximum absolute atomic E-state index is 12.7. The fraction of sp³-hybridized carbons (Fsp3) is 0.286. The molecule has 0 amide bonds. The molecular weight excluding hydrogens is 394 g/mol. The minimum atomic E-state index is -3.70. The first kappa shape index (κ1) is 20.4. The second-order valence-corrected chi connectivity index (χ2v) is 10.2. The third-order valence-corrected chi connectivity index (χ3v) is 6.77. The predicted molar refractivity (Wildman–Crippen MR) is 114 cm³/mol. The quantitative estimate of drug-likeness (QED) is 0.581. The van der Waals surface area contributed by atoms with Gasteiger partial charge in [-0.25, -0.2) is 13.2 Å². The number of hydrogen-bond donors (Lipinski definition) is 1. The predicted octanol–water partition coefficient (Wildman–Crippen LogP) is 5.18. The van der Waals surface area contributed by atoms with Crippen molar-refractivity contribution in [3.8, 4) is 0 Å². The molecular formula is C21H23NO4S2. The molecule has 0 unspecified atom stereocenters. The SMILES string of the molecule is CCOC(=O)c1cc2cc(NS(=O)(=O)c3ccc(C(C)(C)C)cc3)ccc2s1. The number of fused-ring (bicyclic) bond motifs is 1. The van der Waals surface area contributed by atoms with E-state index in [0.717, 1.165) is 15.6 Å². The van der Waals surface area contributed by atoms with Gasteiger partial charge >= 0.3 is 5.97 Å². The molecule has 7 heteroatoms. The van der Waals surface area contributed by atoms with Crippen LogP contribution in [-0.2, 0) is 20.2 Å². The number of carbonyl (C=O) groups excluding carboxylic acids is 1. The van der Waals surface area contributed by atoms with Crippen LogP contribution in [0.5, 0.6) is 0 Å². The Bertz CT molecular complexity index is 1110. The Morgan fingerprint density at radius 3 is 2.36 bits per heavy atom. The molecule has 28 heavy (non-hydrogen) atoms. The van der Waals surface area contributed by atoms with Crippen LogP contribution >= 0.6 is 11.3 Å². The molecule has 0 atom stereocenters. The number of rotatable bonds is 5. The number of benzene rings is 2. The molecule has 1 N–H and O–H groups in total. The highest BCUT2D eigenvalue weighted by molar-refractivity contribution is 7.92. The lowest BCUT2D eigenvalue weighted by atomic mass is 9.87. The van der Waals surface area contributed by atoms with Crippen molar-refractivity contribution in [3.05, 3.63) is 59.0 Å². The third-order valence-electron chi connectivity index (χ3n) is 4.28. The van der Waals surface area contributed by atoms with Crippen LogP contribution in [-0.4, -0.2) is 21.0 Å². The fourth-order valence-corrected chi connectivity index (χ4v) is 4.74. The van der Waals surface area contributed by atoms with Gasteiger partial charge in [-0.05, 0) is 59.7 Å². The van der Waals surface area contributed by atoms with Crippen molar-refractivity contribution in [2.75, 3.05) is 11.3 Å². The molecule has 0 aliphatic carbocycles. The van der Waals surface area contributed by atoms with Crippen LogP contribution < -0.4 is 4.72 Å². The minimum Gasteiger partial charge on any atom is -0.462 e. The smallest absolute Gasteiger partial charge is 0.348 e. The standard InChI is InChI=1S/C21H23NO4S2/c1-5-26-20(23)19-13-14-12-16(8-11-18(14)27-19)22-28(24,25)17-9-6-15(7-10-17)21(2,3)4/h6-13,22H,5H2,1-4H3. The molecule has 2 aromatic carbocycles. The number of anilines is 1. The van der Waals surface area contributed by atoms with Gasteiger partial charge in [0.15, 0.2) is 0 Å². The Labute approximate surface area is 169 Å². The molecule has 0 saturated carbocycles. The third kappa shape index (κ3) is 4.36. The number of hydrogen-bond acceptors (Lipinski definition) is 5. The van der Waals surface area contributed by atoms with E-state index in [1.165, 1.54) is 11.3 Å². The topological polar surface area (TPSA) is 72.5 Å². The molecule has 0 bridgehead atoms. The van der Waals surface area contributed by atoms with Gasteiger partial charge in [-0.15, -0.1) is 11.3 Å². The fourth-order valence-electron chi connectivity index (χ4n) is 2.76. The molecule has 0 aliphatic rings. The summed E-state index contributed by atoms with van der Waals surface area (Å²) < 4.78 is 33.9. The lowest BCUT2D eigenvalue weighted by Gasteiger charge is -2.19. The van der Waals surface area contributed by atoms with E-state index >= 15 is 0 Å². The zero-order chi connectivity index (χ0) is 20.5. The molecule has 0 spiro atoms.